The molecule has 0 aliphatic rings. The molecule has 0 atom stereocenters. The van der Waals surface area contributed by atoms with Crippen LogP contribution in [0.25, 0.3) is 5.57 Å². The van der Waals surface area contributed by atoms with E-state index < -0.39 is 10.0 Å². The molecule has 0 spiro atoms. The van der Waals surface area contributed by atoms with Gasteiger partial charge in [0, 0.05) is 19.6 Å². The predicted molar refractivity (Wildman–Crippen MR) is 133 cm³/mol. The van der Waals surface area contributed by atoms with Crippen LogP contribution >= 0.6 is 0 Å². The number of hydrogen-bond donors (Lipinski definition) is 0. The molecule has 0 heterocycles. The van der Waals surface area contributed by atoms with Crippen molar-refractivity contribution in [1.82, 2.24) is 9.21 Å². The molecule has 0 fully saturated rings. The lowest BCUT2D eigenvalue weighted by Crippen LogP contribution is -2.39. The summed E-state index contributed by atoms with van der Waals surface area (Å²) in [5.74, 6) is 0.729. The standard InChI is InChI=1S/C26H36N2O3S/c1-5-14-25(31-4)21-24(23-15-10-8-11-16-23)22-28(20-19-27(6-2)7-3)32(29,30)26-17-12-9-13-18-26/h8-18,21H,5-7,19-20,22H2,1-4H3/b24-21+,25-14+. The quantitative estimate of drug-likeness (QED) is 0.313. The van der Waals surface area contributed by atoms with Crippen LogP contribution in [0.5, 0.6) is 0 Å². The third-order valence-electron chi connectivity index (χ3n) is 5.39. The highest BCUT2D eigenvalue weighted by Gasteiger charge is 2.26. The zero-order chi connectivity index (χ0) is 23.4. The van der Waals surface area contributed by atoms with Gasteiger partial charge < -0.3 is 9.64 Å². The SMILES string of the molecule is CC/C=C(\C=C(/CN(CCN(CC)CC)S(=O)(=O)c1ccccc1)c1ccccc1)OC. The number of nitrogens with zero attached hydrogens (tertiary/aromatic N) is 2. The van der Waals surface area contributed by atoms with E-state index in [4.69, 9.17) is 4.74 Å². The molecule has 6 heteroatoms. The molecule has 0 aliphatic heterocycles. The van der Waals surface area contributed by atoms with E-state index in [1.54, 1.807) is 35.7 Å². The van der Waals surface area contributed by atoms with E-state index in [1.807, 2.05) is 55.5 Å². The van der Waals surface area contributed by atoms with Crippen LogP contribution in [0.2, 0.25) is 0 Å². The molecule has 32 heavy (non-hydrogen) atoms. The number of likely N-dealkylation sites (N-methyl/N-ethyl adjacent to an activating group) is 1. The van der Waals surface area contributed by atoms with Crippen molar-refractivity contribution in [2.24, 2.45) is 0 Å². The van der Waals surface area contributed by atoms with Crippen LogP contribution < -0.4 is 0 Å². The molecule has 0 saturated heterocycles. The first-order valence-corrected chi connectivity index (χ1v) is 12.7. The first kappa shape index (κ1) is 25.8. The Bertz CT molecular complexity index is 967. The van der Waals surface area contributed by atoms with Gasteiger partial charge in [-0.15, -0.1) is 0 Å². The van der Waals surface area contributed by atoms with E-state index in [1.165, 1.54) is 0 Å². The summed E-state index contributed by atoms with van der Waals surface area (Å²) in [5.41, 5.74) is 1.87. The van der Waals surface area contributed by atoms with Crippen molar-refractivity contribution in [3.63, 3.8) is 0 Å². The minimum Gasteiger partial charge on any atom is -0.497 e. The van der Waals surface area contributed by atoms with Gasteiger partial charge in [0.1, 0.15) is 5.76 Å². The van der Waals surface area contributed by atoms with Crippen molar-refractivity contribution in [1.29, 1.82) is 0 Å². The second kappa shape index (κ2) is 13.2. The van der Waals surface area contributed by atoms with Gasteiger partial charge in [-0.3, -0.25) is 0 Å². The van der Waals surface area contributed by atoms with Crippen molar-refractivity contribution in [3.8, 4) is 0 Å². The number of rotatable bonds is 13. The van der Waals surface area contributed by atoms with Gasteiger partial charge in [-0.2, -0.15) is 4.31 Å². The van der Waals surface area contributed by atoms with Gasteiger partial charge in [0.05, 0.1) is 12.0 Å². The molecular formula is C26H36N2O3S. The molecule has 5 nitrogen and oxygen atoms in total. The third kappa shape index (κ3) is 7.33. The van der Waals surface area contributed by atoms with Gasteiger partial charge in [-0.1, -0.05) is 69.3 Å². The largest absolute Gasteiger partial charge is 0.497 e. The molecule has 0 saturated carbocycles. The monoisotopic (exact) mass is 456 g/mol. The zero-order valence-corrected chi connectivity index (χ0v) is 20.5. The fourth-order valence-electron chi connectivity index (χ4n) is 3.46. The van der Waals surface area contributed by atoms with Crippen LogP contribution in [0.15, 0.2) is 83.5 Å². The number of hydrogen-bond acceptors (Lipinski definition) is 4. The number of allylic oxidation sites excluding steroid dienone is 2. The molecule has 0 N–H and O–H groups in total. The van der Waals surface area contributed by atoms with Gasteiger partial charge in [0.25, 0.3) is 0 Å². The van der Waals surface area contributed by atoms with Gasteiger partial charge in [0.2, 0.25) is 10.0 Å². The van der Waals surface area contributed by atoms with Crippen LogP contribution in [-0.4, -0.2) is 57.5 Å². The Morgan fingerprint density at radius 2 is 1.50 bits per heavy atom. The molecule has 0 aliphatic carbocycles. The smallest absolute Gasteiger partial charge is 0.243 e. The summed E-state index contributed by atoms with van der Waals surface area (Å²) in [6.45, 7) is 9.32. The van der Waals surface area contributed by atoms with E-state index in [0.29, 0.717) is 18.0 Å². The van der Waals surface area contributed by atoms with Crippen LogP contribution in [0, 0.1) is 0 Å². The summed E-state index contributed by atoms with van der Waals surface area (Å²) in [4.78, 5) is 2.54. The Morgan fingerprint density at radius 1 is 0.906 bits per heavy atom. The summed E-state index contributed by atoms with van der Waals surface area (Å²) in [6.07, 6.45) is 4.77. The maximum Gasteiger partial charge on any atom is 0.243 e. The molecule has 174 valence electrons. The Kier molecular flexibility index (Phi) is 10.7. The molecule has 0 bridgehead atoms. The average molecular weight is 457 g/mol. The first-order valence-electron chi connectivity index (χ1n) is 11.2. The Hall–Kier alpha value is -2.41. The maximum atomic E-state index is 13.6. The fraction of sp³-hybridized carbons (Fsp3) is 0.385. The van der Waals surface area contributed by atoms with Crippen LogP contribution in [0.1, 0.15) is 32.8 Å². The summed E-state index contributed by atoms with van der Waals surface area (Å²) in [7, 11) is -2.03. The third-order valence-corrected chi connectivity index (χ3v) is 7.25. The lowest BCUT2D eigenvalue weighted by molar-refractivity contribution is 0.277. The molecule has 2 rings (SSSR count). The van der Waals surface area contributed by atoms with E-state index in [2.05, 4.69) is 18.7 Å². The lowest BCUT2D eigenvalue weighted by Gasteiger charge is -2.27. The molecule has 0 unspecified atom stereocenters. The lowest BCUT2D eigenvalue weighted by atomic mass is 10.0. The van der Waals surface area contributed by atoms with Crippen molar-refractivity contribution < 1.29 is 13.2 Å². The first-order chi connectivity index (χ1) is 15.5. The highest BCUT2D eigenvalue weighted by atomic mass is 32.2. The number of methoxy groups -OCH3 is 1. The Morgan fingerprint density at radius 3 is 2.03 bits per heavy atom. The van der Waals surface area contributed by atoms with Crippen molar-refractivity contribution in [2.45, 2.75) is 32.1 Å². The number of sulfonamides is 1. The molecule has 2 aromatic rings. The predicted octanol–water partition coefficient (Wildman–Crippen LogP) is 5.04. The van der Waals surface area contributed by atoms with Crippen molar-refractivity contribution in [3.05, 3.63) is 84.1 Å². The highest BCUT2D eigenvalue weighted by Crippen LogP contribution is 2.23. The average Bonchev–Trinajstić information content (AvgIpc) is 2.83. The van der Waals surface area contributed by atoms with E-state index in [9.17, 15) is 8.42 Å². The molecule has 2 aromatic carbocycles. The van der Waals surface area contributed by atoms with Gasteiger partial charge in [-0.25, -0.2) is 8.42 Å². The van der Waals surface area contributed by atoms with Crippen LogP contribution in [0.3, 0.4) is 0 Å². The number of ether oxygens (including phenoxy) is 1. The second-order valence-electron chi connectivity index (χ2n) is 7.43. The zero-order valence-electron chi connectivity index (χ0n) is 19.7. The summed E-state index contributed by atoms with van der Waals surface area (Å²) >= 11 is 0. The highest BCUT2D eigenvalue weighted by molar-refractivity contribution is 7.89. The van der Waals surface area contributed by atoms with E-state index >= 15 is 0 Å². The van der Waals surface area contributed by atoms with Crippen molar-refractivity contribution >= 4 is 15.6 Å². The minimum atomic E-state index is -3.67. The van der Waals surface area contributed by atoms with Gasteiger partial charge >= 0.3 is 0 Å². The molecule has 0 aromatic heterocycles. The van der Waals surface area contributed by atoms with Crippen LogP contribution in [0.4, 0.5) is 0 Å². The minimum absolute atomic E-state index is 0.257. The molecular weight excluding hydrogens is 420 g/mol. The number of benzene rings is 2. The Labute approximate surface area is 194 Å². The van der Waals surface area contributed by atoms with Gasteiger partial charge in [-0.05, 0) is 54.9 Å². The summed E-state index contributed by atoms with van der Waals surface area (Å²) in [5, 5.41) is 0. The molecule has 0 radical (unpaired) electrons. The van der Waals surface area contributed by atoms with Crippen molar-refractivity contribution in [2.75, 3.05) is 39.8 Å². The van der Waals surface area contributed by atoms with E-state index in [0.717, 1.165) is 36.4 Å². The van der Waals surface area contributed by atoms with Crippen LogP contribution in [-0.2, 0) is 14.8 Å². The summed E-state index contributed by atoms with van der Waals surface area (Å²) < 4.78 is 34.3. The van der Waals surface area contributed by atoms with E-state index in [-0.39, 0.29) is 6.54 Å². The molecule has 0 amide bonds. The Balaban J connectivity index is 2.49. The normalized spacial score (nSPS) is 13.1. The summed E-state index contributed by atoms with van der Waals surface area (Å²) in [6, 6.07) is 18.6. The fourth-order valence-corrected chi connectivity index (χ4v) is 4.89. The van der Waals surface area contributed by atoms with Gasteiger partial charge in [0.15, 0.2) is 0 Å². The second-order valence-corrected chi connectivity index (χ2v) is 9.37. The maximum absolute atomic E-state index is 13.6. The topological polar surface area (TPSA) is 49.9 Å².